The summed E-state index contributed by atoms with van der Waals surface area (Å²) in [5.41, 5.74) is 3.22. The number of aryl methyl sites for hydroxylation is 1. The quantitative estimate of drug-likeness (QED) is 0.449. The van der Waals surface area contributed by atoms with Crippen LogP contribution in [0.2, 0.25) is 0 Å². The molecule has 0 fully saturated rings. The average Bonchev–Trinajstić information content (AvgIpc) is 2.93. The highest BCUT2D eigenvalue weighted by Crippen LogP contribution is 2.25. The van der Waals surface area contributed by atoms with Gasteiger partial charge in [0.1, 0.15) is 0 Å². The van der Waals surface area contributed by atoms with Gasteiger partial charge in [-0.05, 0) is 35.6 Å². The van der Waals surface area contributed by atoms with Crippen molar-refractivity contribution in [3.8, 4) is 11.5 Å². The van der Waals surface area contributed by atoms with Gasteiger partial charge in [0, 0.05) is 11.3 Å². The number of hydrogen-bond donors (Lipinski definition) is 3. The van der Waals surface area contributed by atoms with Gasteiger partial charge in [-0.15, -0.1) is 11.3 Å². The van der Waals surface area contributed by atoms with Crippen molar-refractivity contribution in [2.75, 3.05) is 0 Å². The van der Waals surface area contributed by atoms with E-state index >= 15 is 0 Å². The topological polar surface area (TPSA) is 81.9 Å². The van der Waals surface area contributed by atoms with Crippen LogP contribution in [0.5, 0.6) is 11.5 Å². The third-order valence-corrected chi connectivity index (χ3v) is 3.41. The molecular weight excluding hydrogens is 276 g/mol. The maximum Gasteiger partial charge on any atom is 0.240 e. The molecule has 1 heterocycles. The zero-order valence-corrected chi connectivity index (χ0v) is 11.4. The third kappa shape index (κ3) is 4.10. The number of hydrazone groups is 1. The molecule has 3 N–H and O–H groups in total. The van der Waals surface area contributed by atoms with Crippen LogP contribution >= 0.6 is 11.3 Å². The van der Waals surface area contributed by atoms with Crippen LogP contribution in [0.1, 0.15) is 16.9 Å². The minimum Gasteiger partial charge on any atom is -0.504 e. The number of rotatable bonds is 5. The fraction of sp³-hybridized carbons (Fsp3) is 0.143. The van der Waals surface area contributed by atoms with Crippen LogP contribution in [0.3, 0.4) is 0 Å². The largest absolute Gasteiger partial charge is 0.504 e. The van der Waals surface area contributed by atoms with Crippen LogP contribution < -0.4 is 5.43 Å². The van der Waals surface area contributed by atoms with Crippen LogP contribution in [-0.2, 0) is 11.2 Å². The third-order valence-electron chi connectivity index (χ3n) is 2.60. The van der Waals surface area contributed by atoms with Gasteiger partial charge in [-0.3, -0.25) is 4.79 Å². The smallest absolute Gasteiger partial charge is 0.240 e. The Labute approximate surface area is 120 Å². The van der Waals surface area contributed by atoms with Crippen molar-refractivity contribution in [2.45, 2.75) is 12.8 Å². The van der Waals surface area contributed by atoms with E-state index in [0.717, 1.165) is 10.4 Å². The first kappa shape index (κ1) is 14.1. The van der Waals surface area contributed by atoms with Crippen molar-refractivity contribution in [1.29, 1.82) is 0 Å². The van der Waals surface area contributed by atoms with Crippen molar-refractivity contribution in [2.24, 2.45) is 5.10 Å². The lowest BCUT2D eigenvalue weighted by atomic mass is 10.1. The number of thiophene rings is 1. The summed E-state index contributed by atoms with van der Waals surface area (Å²) in [5, 5.41) is 24.3. The molecule has 2 aromatic rings. The van der Waals surface area contributed by atoms with E-state index in [2.05, 4.69) is 10.5 Å². The van der Waals surface area contributed by atoms with Crippen LogP contribution in [0.25, 0.3) is 0 Å². The van der Waals surface area contributed by atoms with Crippen molar-refractivity contribution in [3.63, 3.8) is 0 Å². The predicted molar refractivity (Wildman–Crippen MR) is 78.1 cm³/mol. The summed E-state index contributed by atoms with van der Waals surface area (Å²) in [6.07, 6.45) is 2.31. The number of nitrogens with zero attached hydrogens (tertiary/aromatic N) is 1. The van der Waals surface area contributed by atoms with Crippen molar-refractivity contribution >= 4 is 23.5 Å². The highest BCUT2D eigenvalue weighted by Gasteiger charge is 2.04. The van der Waals surface area contributed by atoms with E-state index in [9.17, 15) is 15.0 Å². The van der Waals surface area contributed by atoms with Gasteiger partial charge in [0.2, 0.25) is 5.91 Å². The Balaban J connectivity index is 1.78. The maximum atomic E-state index is 11.6. The molecular formula is C14H14N2O3S. The molecule has 0 aliphatic heterocycles. The predicted octanol–water partition coefficient (Wildman–Crippen LogP) is 2.24. The molecule has 1 aromatic heterocycles. The van der Waals surface area contributed by atoms with E-state index in [1.807, 2.05) is 17.5 Å². The molecule has 1 aromatic carbocycles. The second kappa shape index (κ2) is 6.72. The highest BCUT2D eigenvalue weighted by atomic mass is 32.1. The summed E-state index contributed by atoms with van der Waals surface area (Å²) in [6, 6.07) is 8.32. The Morgan fingerprint density at radius 1 is 1.30 bits per heavy atom. The number of aromatic hydroxyl groups is 2. The first-order valence-electron chi connectivity index (χ1n) is 6.01. The Morgan fingerprint density at radius 2 is 2.15 bits per heavy atom. The van der Waals surface area contributed by atoms with Crippen molar-refractivity contribution in [3.05, 3.63) is 46.2 Å². The number of hydrogen-bond acceptors (Lipinski definition) is 5. The van der Waals surface area contributed by atoms with E-state index in [4.69, 9.17) is 0 Å². The first-order chi connectivity index (χ1) is 9.65. The number of amides is 1. The fourth-order valence-electron chi connectivity index (χ4n) is 1.57. The second-order valence-corrected chi connectivity index (χ2v) is 5.11. The molecule has 0 atom stereocenters. The standard InChI is InChI=1S/C14H14N2O3S/c17-12-5-3-10(8-13(12)18)4-6-14(19)16-15-9-11-2-1-7-20-11/h1-3,5,7-9,17-18H,4,6H2,(H,16,19)/b15-9+. The van der Waals surface area contributed by atoms with Gasteiger partial charge in [-0.25, -0.2) is 5.43 Å². The van der Waals surface area contributed by atoms with Crippen LogP contribution in [0.15, 0.2) is 40.8 Å². The van der Waals surface area contributed by atoms with E-state index in [-0.39, 0.29) is 23.8 Å². The zero-order valence-electron chi connectivity index (χ0n) is 10.6. The summed E-state index contributed by atoms with van der Waals surface area (Å²) >= 11 is 1.54. The monoisotopic (exact) mass is 290 g/mol. The number of benzene rings is 1. The number of nitrogens with one attached hydrogen (secondary N) is 1. The molecule has 1 amide bonds. The van der Waals surface area contributed by atoms with Crippen LogP contribution in [0, 0.1) is 0 Å². The summed E-state index contributed by atoms with van der Waals surface area (Å²) in [6.45, 7) is 0. The normalized spacial score (nSPS) is 10.8. The summed E-state index contributed by atoms with van der Waals surface area (Å²) < 4.78 is 0. The average molecular weight is 290 g/mol. The Morgan fingerprint density at radius 3 is 2.85 bits per heavy atom. The minimum absolute atomic E-state index is 0.168. The number of phenolic OH excluding ortho intramolecular Hbond substituents is 2. The Bertz CT molecular complexity index is 609. The molecule has 0 unspecified atom stereocenters. The first-order valence-corrected chi connectivity index (χ1v) is 6.89. The lowest BCUT2D eigenvalue weighted by molar-refractivity contribution is -0.121. The highest BCUT2D eigenvalue weighted by molar-refractivity contribution is 7.11. The summed E-state index contributed by atoms with van der Waals surface area (Å²) in [4.78, 5) is 12.5. The fourth-order valence-corrected chi connectivity index (χ4v) is 2.16. The van der Waals surface area contributed by atoms with Gasteiger partial charge in [-0.2, -0.15) is 5.10 Å². The van der Waals surface area contributed by atoms with Gasteiger partial charge >= 0.3 is 0 Å². The summed E-state index contributed by atoms with van der Waals surface area (Å²) in [7, 11) is 0. The SMILES string of the molecule is O=C(CCc1ccc(O)c(O)c1)N/N=C/c1cccs1. The molecule has 0 aliphatic carbocycles. The van der Waals surface area contributed by atoms with Crippen LogP contribution in [-0.4, -0.2) is 22.3 Å². The van der Waals surface area contributed by atoms with Gasteiger partial charge in [0.15, 0.2) is 11.5 Å². The molecule has 0 saturated heterocycles. The van der Waals surface area contributed by atoms with E-state index < -0.39 is 0 Å². The molecule has 0 spiro atoms. The molecule has 0 aliphatic rings. The molecule has 0 saturated carbocycles. The molecule has 0 bridgehead atoms. The van der Waals surface area contributed by atoms with E-state index in [1.54, 1.807) is 12.3 Å². The van der Waals surface area contributed by atoms with Gasteiger partial charge in [0.05, 0.1) is 6.21 Å². The van der Waals surface area contributed by atoms with Gasteiger partial charge in [0.25, 0.3) is 0 Å². The summed E-state index contributed by atoms with van der Waals surface area (Å²) in [5.74, 6) is -0.553. The van der Waals surface area contributed by atoms with Crippen molar-refractivity contribution in [1.82, 2.24) is 5.43 Å². The van der Waals surface area contributed by atoms with Gasteiger partial charge in [-0.1, -0.05) is 12.1 Å². The van der Waals surface area contributed by atoms with E-state index in [0.29, 0.717) is 6.42 Å². The van der Waals surface area contributed by atoms with Crippen molar-refractivity contribution < 1.29 is 15.0 Å². The Hall–Kier alpha value is -2.34. The number of carbonyl (C=O) groups is 1. The molecule has 2 rings (SSSR count). The molecule has 5 nitrogen and oxygen atoms in total. The molecule has 6 heteroatoms. The minimum atomic E-state index is -0.203. The number of phenols is 2. The molecule has 20 heavy (non-hydrogen) atoms. The lowest BCUT2D eigenvalue weighted by Gasteiger charge is -2.03. The molecule has 0 radical (unpaired) electrons. The maximum absolute atomic E-state index is 11.6. The lowest BCUT2D eigenvalue weighted by Crippen LogP contribution is -2.17. The second-order valence-electron chi connectivity index (χ2n) is 4.13. The zero-order chi connectivity index (χ0) is 14.4. The van der Waals surface area contributed by atoms with Crippen LogP contribution in [0.4, 0.5) is 0 Å². The number of carbonyl (C=O) groups excluding carboxylic acids is 1. The van der Waals surface area contributed by atoms with Gasteiger partial charge < -0.3 is 10.2 Å². The van der Waals surface area contributed by atoms with E-state index in [1.165, 1.54) is 23.5 Å². The molecule has 104 valence electrons. The Kier molecular flexibility index (Phi) is 4.73.